The number of hydrogen-bond acceptors (Lipinski definition) is 3. The van der Waals surface area contributed by atoms with E-state index in [9.17, 15) is 0 Å². The summed E-state index contributed by atoms with van der Waals surface area (Å²) in [4.78, 5) is 16.2. The van der Waals surface area contributed by atoms with Crippen LogP contribution in [0.1, 0.15) is 0 Å². The molecule has 0 atom stereocenters. The van der Waals surface area contributed by atoms with Crippen molar-refractivity contribution in [3.05, 3.63) is 237 Å². The first-order valence-electron chi connectivity index (χ1n) is 23.1. The predicted octanol–water partition coefficient (Wildman–Crippen LogP) is 16.2. The first-order valence-corrected chi connectivity index (χ1v) is 23.1. The standard InChI is InChI=1S/C63H39N5/c1-3-16-40(17-4-1)42-30-32-43(33-31-42)61-64-62(45-21-15-20-44(38-45)41-18-5-2-6-19-41)66-63(65-61)68-58-29-14-12-27-53(58)55-37-36-54-52-26-11-13-28-57(52)67(59(54)60(55)68)46-34-35-51-49-24-8-7-22-47(49)48-23-9-10-25-50(48)56(51)39-46/h1-39H. The third-order valence-electron chi connectivity index (χ3n) is 13.8. The summed E-state index contributed by atoms with van der Waals surface area (Å²) in [6, 6.07) is 84.6. The summed E-state index contributed by atoms with van der Waals surface area (Å²) in [5.74, 6) is 1.75. The summed E-state index contributed by atoms with van der Waals surface area (Å²) in [7, 11) is 0. The van der Waals surface area contributed by atoms with Gasteiger partial charge in [-0.15, -0.1) is 0 Å². The largest absolute Gasteiger partial charge is 0.307 e. The van der Waals surface area contributed by atoms with Gasteiger partial charge in [-0.1, -0.05) is 206 Å². The molecule has 0 bridgehead atoms. The Bertz CT molecular complexity index is 4270. The van der Waals surface area contributed by atoms with E-state index in [0.29, 0.717) is 17.6 Å². The van der Waals surface area contributed by atoms with Gasteiger partial charge >= 0.3 is 0 Å². The van der Waals surface area contributed by atoms with Gasteiger partial charge in [0.25, 0.3) is 0 Å². The molecule has 0 fully saturated rings. The Balaban J connectivity index is 1.07. The van der Waals surface area contributed by atoms with Gasteiger partial charge in [0.05, 0.1) is 22.1 Å². The van der Waals surface area contributed by atoms with Crippen LogP contribution in [0.15, 0.2) is 237 Å². The molecule has 0 N–H and O–H groups in total. The fourth-order valence-corrected chi connectivity index (χ4v) is 10.6. The average molecular weight is 866 g/mol. The summed E-state index contributed by atoms with van der Waals surface area (Å²) in [5, 5.41) is 12.0. The summed E-state index contributed by atoms with van der Waals surface area (Å²) in [6.45, 7) is 0. The number of fused-ring (bicyclic) bond motifs is 13. The van der Waals surface area contributed by atoms with E-state index >= 15 is 0 Å². The highest BCUT2D eigenvalue weighted by molar-refractivity contribution is 6.27. The van der Waals surface area contributed by atoms with E-state index in [4.69, 9.17) is 15.0 Å². The van der Waals surface area contributed by atoms with Gasteiger partial charge in [0, 0.05) is 38.4 Å². The Morgan fingerprint density at radius 2 is 0.647 bits per heavy atom. The zero-order chi connectivity index (χ0) is 44.7. The highest BCUT2D eigenvalue weighted by Gasteiger charge is 2.24. The van der Waals surface area contributed by atoms with E-state index < -0.39 is 0 Å². The van der Waals surface area contributed by atoms with E-state index in [-0.39, 0.29) is 0 Å². The SMILES string of the molecule is c1ccc(-c2ccc(-c3nc(-c4cccc(-c5ccccc5)c4)nc(-n4c5ccccc5c5ccc6c7ccccc7n(-c7ccc8c9ccccc9c9ccccc9c8c7)c6c54)n3)cc2)cc1. The number of aromatic nitrogens is 5. The van der Waals surface area contributed by atoms with E-state index in [0.717, 1.165) is 77.3 Å². The minimum atomic E-state index is 0.550. The van der Waals surface area contributed by atoms with Crippen molar-refractivity contribution >= 4 is 75.9 Å². The second kappa shape index (κ2) is 15.2. The molecular weight excluding hydrogens is 827 g/mol. The zero-order valence-corrected chi connectivity index (χ0v) is 36.8. The van der Waals surface area contributed by atoms with Crippen molar-refractivity contribution in [3.63, 3.8) is 0 Å². The maximum Gasteiger partial charge on any atom is 0.238 e. The van der Waals surface area contributed by atoms with Crippen molar-refractivity contribution in [2.75, 3.05) is 0 Å². The fraction of sp³-hybridized carbons (Fsp3) is 0. The Labute approximate surface area is 391 Å². The number of para-hydroxylation sites is 2. The summed E-state index contributed by atoms with van der Waals surface area (Å²) in [6.07, 6.45) is 0. The molecule has 316 valence electrons. The lowest BCUT2D eigenvalue weighted by atomic mass is 9.94. The lowest BCUT2D eigenvalue weighted by Crippen LogP contribution is -2.07. The molecular formula is C63H39N5. The second-order valence-corrected chi connectivity index (χ2v) is 17.6. The third kappa shape index (κ3) is 5.93. The molecule has 3 aromatic heterocycles. The molecule has 0 saturated carbocycles. The van der Waals surface area contributed by atoms with Crippen LogP contribution in [0.5, 0.6) is 0 Å². The summed E-state index contributed by atoms with van der Waals surface area (Å²) in [5.41, 5.74) is 11.7. The number of rotatable bonds is 6. The Morgan fingerprint density at radius 1 is 0.235 bits per heavy atom. The van der Waals surface area contributed by atoms with Gasteiger partial charge in [-0.25, -0.2) is 4.98 Å². The number of hydrogen-bond donors (Lipinski definition) is 0. The third-order valence-corrected chi connectivity index (χ3v) is 13.8. The molecule has 68 heavy (non-hydrogen) atoms. The van der Waals surface area contributed by atoms with Gasteiger partial charge in [0.15, 0.2) is 11.6 Å². The molecule has 0 unspecified atom stereocenters. The molecule has 0 amide bonds. The van der Waals surface area contributed by atoms with Crippen LogP contribution in [0.3, 0.4) is 0 Å². The van der Waals surface area contributed by atoms with Crippen molar-refractivity contribution in [2.45, 2.75) is 0 Å². The van der Waals surface area contributed by atoms with E-state index in [1.54, 1.807) is 0 Å². The number of nitrogens with zero attached hydrogens (tertiary/aromatic N) is 5. The average Bonchev–Trinajstić information content (AvgIpc) is 3.94. The van der Waals surface area contributed by atoms with Crippen molar-refractivity contribution in [1.29, 1.82) is 0 Å². The molecule has 5 heteroatoms. The van der Waals surface area contributed by atoms with Gasteiger partial charge in [-0.05, 0) is 84.9 Å². The van der Waals surface area contributed by atoms with Crippen LogP contribution < -0.4 is 0 Å². The molecule has 14 aromatic rings. The molecule has 0 spiro atoms. The van der Waals surface area contributed by atoms with E-state index in [2.05, 4.69) is 234 Å². The van der Waals surface area contributed by atoms with Crippen LogP contribution in [-0.4, -0.2) is 24.1 Å². The van der Waals surface area contributed by atoms with Crippen LogP contribution >= 0.6 is 0 Å². The lowest BCUT2D eigenvalue weighted by molar-refractivity contribution is 0.953. The van der Waals surface area contributed by atoms with Crippen LogP contribution in [0.25, 0.3) is 133 Å². The van der Waals surface area contributed by atoms with Gasteiger partial charge in [-0.3, -0.25) is 4.57 Å². The first kappa shape index (κ1) is 38.1. The summed E-state index contributed by atoms with van der Waals surface area (Å²) >= 11 is 0. The van der Waals surface area contributed by atoms with Crippen LogP contribution in [0.2, 0.25) is 0 Å². The second-order valence-electron chi connectivity index (χ2n) is 17.6. The Kier molecular flexibility index (Phi) is 8.52. The van der Waals surface area contributed by atoms with Gasteiger partial charge in [-0.2, -0.15) is 9.97 Å². The minimum absolute atomic E-state index is 0.550. The minimum Gasteiger partial charge on any atom is -0.307 e. The zero-order valence-electron chi connectivity index (χ0n) is 36.8. The maximum absolute atomic E-state index is 5.47. The Morgan fingerprint density at radius 3 is 1.26 bits per heavy atom. The molecule has 5 nitrogen and oxygen atoms in total. The van der Waals surface area contributed by atoms with Gasteiger partial charge in [0.1, 0.15) is 0 Å². The fourth-order valence-electron chi connectivity index (χ4n) is 10.6. The van der Waals surface area contributed by atoms with Crippen molar-refractivity contribution in [2.24, 2.45) is 0 Å². The molecule has 0 aliphatic carbocycles. The number of benzene rings is 11. The maximum atomic E-state index is 5.47. The lowest BCUT2D eigenvalue weighted by Gasteiger charge is -2.15. The topological polar surface area (TPSA) is 48.5 Å². The van der Waals surface area contributed by atoms with Crippen LogP contribution in [0.4, 0.5) is 0 Å². The first-order chi connectivity index (χ1) is 33.7. The molecule has 3 heterocycles. The molecule has 11 aromatic carbocycles. The van der Waals surface area contributed by atoms with Crippen molar-refractivity contribution < 1.29 is 0 Å². The molecule has 0 aliphatic heterocycles. The van der Waals surface area contributed by atoms with Crippen LogP contribution in [0, 0.1) is 0 Å². The monoisotopic (exact) mass is 865 g/mol. The van der Waals surface area contributed by atoms with E-state index in [1.165, 1.54) is 37.7 Å². The highest BCUT2D eigenvalue weighted by atomic mass is 15.2. The molecule has 0 saturated heterocycles. The Hall–Kier alpha value is -9.19. The van der Waals surface area contributed by atoms with Gasteiger partial charge < -0.3 is 4.57 Å². The quantitative estimate of drug-likeness (QED) is 0.156. The van der Waals surface area contributed by atoms with Gasteiger partial charge in [0.2, 0.25) is 5.95 Å². The normalized spacial score (nSPS) is 11.8. The van der Waals surface area contributed by atoms with E-state index in [1.807, 2.05) is 12.1 Å². The molecule has 0 radical (unpaired) electrons. The molecule has 0 aliphatic rings. The van der Waals surface area contributed by atoms with Crippen LogP contribution in [-0.2, 0) is 0 Å². The highest BCUT2D eigenvalue weighted by Crippen LogP contribution is 2.43. The van der Waals surface area contributed by atoms with Crippen molar-refractivity contribution in [3.8, 4) is 56.7 Å². The molecule has 14 rings (SSSR count). The van der Waals surface area contributed by atoms with Crippen molar-refractivity contribution in [1.82, 2.24) is 24.1 Å². The predicted molar refractivity (Wildman–Crippen MR) is 283 cm³/mol. The smallest absolute Gasteiger partial charge is 0.238 e. The summed E-state index contributed by atoms with van der Waals surface area (Å²) < 4.78 is 4.74.